The second-order valence-electron chi connectivity index (χ2n) is 8.12. The fourth-order valence-corrected chi connectivity index (χ4v) is 4.39. The summed E-state index contributed by atoms with van der Waals surface area (Å²) in [5.41, 5.74) is 7.44. The van der Waals surface area contributed by atoms with Crippen molar-refractivity contribution in [1.82, 2.24) is 20.1 Å². The zero-order chi connectivity index (χ0) is 21.8. The van der Waals surface area contributed by atoms with E-state index in [1.54, 1.807) is 0 Å². The van der Waals surface area contributed by atoms with Gasteiger partial charge in [-0.15, -0.1) is 0 Å². The molecule has 5 nitrogen and oxygen atoms in total. The van der Waals surface area contributed by atoms with Gasteiger partial charge in [0.05, 0.1) is 12.2 Å². The van der Waals surface area contributed by atoms with Crippen LogP contribution in [0.5, 0.6) is 0 Å². The third-order valence-corrected chi connectivity index (χ3v) is 6.03. The summed E-state index contributed by atoms with van der Waals surface area (Å²) in [6, 6.07) is 23.9. The number of amides is 1. The molecule has 0 aliphatic heterocycles. The summed E-state index contributed by atoms with van der Waals surface area (Å²) in [6.45, 7) is 1.19. The number of aromatic nitrogens is 3. The van der Waals surface area contributed by atoms with Crippen molar-refractivity contribution in [2.45, 2.75) is 32.2 Å². The summed E-state index contributed by atoms with van der Waals surface area (Å²) >= 11 is 0. The third-order valence-electron chi connectivity index (χ3n) is 6.03. The van der Waals surface area contributed by atoms with Crippen LogP contribution in [0.15, 0.2) is 79.0 Å². The highest BCUT2D eigenvalue weighted by atomic mass is 16.1. The van der Waals surface area contributed by atoms with E-state index < -0.39 is 0 Å². The molecule has 4 aromatic rings. The Morgan fingerprint density at radius 3 is 2.41 bits per heavy atom. The molecule has 1 aliphatic rings. The molecule has 0 bridgehead atoms. The number of hydrogen-bond acceptors (Lipinski definition) is 3. The lowest BCUT2D eigenvalue weighted by Crippen LogP contribution is -2.28. The Balaban J connectivity index is 1.26. The van der Waals surface area contributed by atoms with Gasteiger partial charge in [-0.05, 0) is 61.1 Å². The molecule has 2 aromatic carbocycles. The van der Waals surface area contributed by atoms with Gasteiger partial charge in [-0.3, -0.25) is 14.5 Å². The largest absolute Gasteiger partial charge is 0.350 e. The monoisotopic (exact) mass is 422 g/mol. The average Bonchev–Trinajstić information content (AvgIpc) is 3.24. The molecular weight excluding hydrogens is 396 g/mol. The Morgan fingerprint density at radius 1 is 0.875 bits per heavy atom. The highest BCUT2D eigenvalue weighted by molar-refractivity contribution is 5.94. The van der Waals surface area contributed by atoms with Crippen LogP contribution >= 0.6 is 0 Å². The normalized spacial score (nSPS) is 12.9. The minimum Gasteiger partial charge on any atom is -0.350 e. The molecule has 160 valence electrons. The maximum atomic E-state index is 12.6. The maximum absolute atomic E-state index is 12.6. The number of pyridine rings is 1. The van der Waals surface area contributed by atoms with Crippen LogP contribution in [0.2, 0.25) is 0 Å². The second-order valence-corrected chi connectivity index (χ2v) is 8.12. The summed E-state index contributed by atoms with van der Waals surface area (Å²) in [6.07, 6.45) is 6.26. The van der Waals surface area contributed by atoms with E-state index in [1.807, 2.05) is 66.9 Å². The van der Waals surface area contributed by atoms with Crippen molar-refractivity contribution in [3.63, 3.8) is 0 Å². The first kappa shape index (κ1) is 20.2. The number of carbonyl (C=O) groups excluding carboxylic acids is 1. The predicted octanol–water partition coefficient (Wildman–Crippen LogP) is 4.92. The lowest BCUT2D eigenvalue weighted by molar-refractivity contribution is 0.0952. The summed E-state index contributed by atoms with van der Waals surface area (Å²) in [5.74, 6) is -0.0596. The van der Waals surface area contributed by atoms with Crippen LogP contribution in [0.3, 0.4) is 0 Å². The standard InChI is InChI=1S/C27H26N4O/c32-27(22-15-13-21(14-16-22)20-8-2-1-3-9-20)29-18-19-31-25-12-5-4-10-23(25)26(30-31)24-11-6-7-17-28-24/h1-3,6-9,11,13-17H,4-5,10,12,18-19H2,(H,29,32). The molecule has 1 amide bonds. The molecule has 2 heterocycles. The molecule has 1 N–H and O–H groups in total. The van der Waals surface area contributed by atoms with Gasteiger partial charge in [-0.25, -0.2) is 0 Å². The molecular formula is C27H26N4O. The van der Waals surface area contributed by atoms with Gasteiger partial charge < -0.3 is 5.32 Å². The Labute approximate surface area is 188 Å². The fourth-order valence-electron chi connectivity index (χ4n) is 4.39. The molecule has 0 unspecified atom stereocenters. The number of rotatable bonds is 6. The van der Waals surface area contributed by atoms with E-state index in [0.29, 0.717) is 18.7 Å². The van der Waals surface area contributed by atoms with E-state index >= 15 is 0 Å². The number of fused-ring (bicyclic) bond motifs is 1. The van der Waals surface area contributed by atoms with Gasteiger partial charge in [0.15, 0.2) is 0 Å². The average molecular weight is 423 g/mol. The third kappa shape index (κ3) is 4.19. The van der Waals surface area contributed by atoms with Gasteiger partial charge in [-0.1, -0.05) is 48.5 Å². The van der Waals surface area contributed by atoms with Gasteiger partial charge in [0.25, 0.3) is 5.91 Å². The van der Waals surface area contributed by atoms with Gasteiger partial charge in [-0.2, -0.15) is 5.10 Å². The topological polar surface area (TPSA) is 59.8 Å². The lowest BCUT2D eigenvalue weighted by atomic mass is 9.95. The minimum atomic E-state index is -0.0596. The molecule has 0 saturated heterocycles. The number of nitrogens with zero attached hydrogens (tertiary/aromatic N) is 3. The summed E-state index contributed by atoms with van der Waals surface area (Å²) in [4.78, 5) is 17.1. The van der Waals surface area contributed by atoms with E-state index in [4.69, 9.17) is 5.10 Å². The molecule has 0 fully saturated rings. The Bertz CT molecular complexity index is 1200. The minimum absolute atomic E-state index is 0.0596. The Kier molecular flexibility index (Phi) is 5.79. The van der Waals surface area contributed by atoms with Gasteiger partial charge in [0.1, 0.15) is 5.69 Å². The quantitative estimate of drug-likeness (QED) is 0.480. The van der Waals surface area contributed by atoms with E-state index in [9.17, 15) is 4.79 Å². The van der Waals surface area contributed by atoms with Crippen molar-refractivity contribution >= 4 is 5.91 Å². The molecule has 0 atom stereocenters. The highest BCUT2D eigenvalue weighted by Crippen LogP contribution is 2.30. The molecule has 2 aromatic heterocycles. The van der Waals surface area contributed by atoms with Crippen LogP contribution in [-0.2, 0) is 19.4 Å². The molecule has 0 spiro atoms. The van der Waals surface area contributed by atoms with Gasteiger partial charge in [0.2, 0.25) is 0 Å². The van der Waals surface area contributed by atoms with Crippen molar-refractivity contribution in [1.29, 1.82) is 0 Å². The first-order chi connectivity index (χ1) is 15.8. The molecule has 1 aliphatic carbocycles. The SMILES string of the molecule is O=C(NCCn1nc(-c2ccccn2)c2c1CCCC2)c1ccc(-c2ccccc2)cc1. The van der Waals surface area contributed by atoms with Crippen molar-refractivity contribution in [3.8, 4) is 22.5 Å². The zero-order valence-electron chi connectivity index (χ0n) is 18.0. The van der Waals surface area contributed by atoms with Crippen molar-refractivity contribution in [2.24, 2.45) is 0 Å². The Hall–Kier alpha value is -3.73. The number of nitrogens with one attached hydrogen (secondary N) is 1. The first-order valence-electron chi connectivity index (χ1n) is 11.2. The fraction of sp³-hybridized carbons (Fsp3) is 0.222. The maximum Gasteiger partial charge on any atom is 0.251 e. The summed E-state index contributed by atoms with van der Waals surface area (Å²) in [7, 11) is 0. The lowest BCUT2D eigenvalue weighted by Gasteiger charge is -2.14. The van der Waals surface area contributed by atoms with E-state index in [-0.39, 0.29) is 5.91 Å². The van der Waals surface area contributed by atoms with Crippen LogP contribution in [0.25, 0.3) is 22.5 Å². The van der Waals surface area contributed by atoms with Crippen LogP contribution < -0.4 is 5.32 Å². The van der Waals surface area contributed by atoms with E-state index in [0.717, 1.165) is 35.4 Å². The molecule has 0 radical (unpaired) electrons. The molecule has 32 heavy (non-hydrogen) atoms. The number of benzene rings is 2. The van der Waals surface area contributed by atoms with Crippen molar-refractivity contribution in [3.05, 3.63) is 95.8 Å². The number of carbonyl (C=O) groups is 1. The predicted molar refractivity (Wildman–Crippen MR) is 126 cm³/mol. The van der Waals surface area contributed by atoms with Crippen molar-refractivity contribution in [2.75, 3.05) is 6.54 Å². The Morgan fingerprint density at radius 2 is 1.62 bits per heavy atom. The highest BCUT2D eigenvalue weighted by Gasteiger charge is 2.22. The van der Waals surface area contributed by atoms with Crippen LogP contribution in [0, 0.1) is 0 Å². The molecule has 5 heteroatoms. The van der Waals surface area contributed by atoms with E-state index in [2.05, 4.69) is 27.1 Å². The first-order valence-corrected chi connectivity index (χ1v) is 11.2. The number of hydrogen-bond donors (Lipinski definition) is 1. The summed E-state index contributed by atoms with van der Waals surface area (Å²) < 4.78 is 2.07. The van der Waals surface area contributed by atoms with Crippen LogP contribution in [0.1, 0.15) is 34.5 Å². The molecule has 0 saturated carbocycles. The van der Waals surface area contributed by atoms with E-state index in [1.165, 1.54) is 24.1 Å². The van der Waals surface area contributed by atoms with Gasteiger partial charge >= 0.3 is 0 Å². The molecule has 5 rings (SSSR count). The van der Waals surface area contributed by atoms with Crippen molar-refractivity contribution < 1.29 is 4.79 Å². The second kappa shape index (κ2) is 9.18. The van der Waals surface area contributed by atoms with Crippen LogP contribution in [-0.4, -0.2) is 27.2 Å². The summed E-state index contributed by atoms with van der Waals surface area (Å²) in [5, 5.41) is 7.93. The zero-order valence-corrected chi connectivity index (χ0v) is 18.0. The smallest absolute Gasteiger partial charge is 0.251 e. The van der Waals surface area contributed by atoms with Gasteiger partial charge in [0, 0.05) is 29.6 Å². The van der Waals surface area contributed by atoms with Crippen LogP contribution in [0.4, 0.5) is 0 Å².